The highest BCUT2D eigenvalue weighted by Crippen LogP contribution is 2.47. The Labute approximate surface area is 119 Å². The van der Waals surface area contributed by atoms with Gasteiger partial charge in [0.2, 0.25) is 0 Å². The van der Waals surface area contributed by atoms with Gasteiger partial charge in [0.25, 0.3) is 0 Å². The first kappa shape index (κ1) is 14.5. The van der Waals surface area contributed by atoms with Gasteiger partial charge in [0.15, 0.2) is 5.78 Å². The fraction of sp³-hybridized carbons (Fsp3) is 0.412. The van der Waals surface area contributed by atoms with Crippen LogP contribution in [0.15, 0.2) is 31.4 Å². The van der Waals surface area contributed by atoms with Crippen molar-refractivity contribution in [2.24, 2.45) is 5.41 Å². The first-order valence-electron chi connectivity index (χ1n) is 6.88. The van der Waals surface area contributed by atoms with Crippen molar-refractivity contribution in [3.63, 3.8) is 0 Å². The number of Topliss-reactive ketones (excluding diaryl/α,β-unsaturated/α-hetero) is 2. The van der Waals surface area contributed by atoms with E-state index in [4.69, 9.17) is 4.74 Å². The van der Waals surface area contributed by atoms with E-state index in [9.17, 15) is 9.59 Å². The zero-order valence-electron chi connectivity index (χ0n) is 11.9. The van der Waals surface area contributed by atoms with Gasteiger partial charge in [0.05, 0.1) is 7.11 Å². The SMILES string of the molecule is C=C.COc1ccc2c(c1)CC1(CCC(=O)CC1)C2=O. The van der Waals surface area contributed by atoms with Crippen molar-refractivity contribution in [1.82, 2.24) is 0 Å². The molecule has 0 amide bonds. The Kier molecular flexibility index (Phi) is 4.07. The molecule has 0 saturated heterocycles. The van der Waals surface area contributed by atoms with Crippen LogP contribution in [-0.4, -0.2) is 18.7 Å². The Hall–Kier alpha value is -1.90. The molecule has 3 rings (SSSR count). The predicted molar refractivity (Wildman–Crippen MR) is 78.2 cm³/mol. The van der Waals surface area contributed by atoms with E-state index >= 15 is 0 Å². The second-order valence-electron chi connectivity index (χ2n) is 5.35. The molecule has 106 valence electrons. The molecule has 0 bridgehead atoms. The molecule has 1 spiro atoms. The van der Waals surface area contributed by atoms with Gasteiger partial charge in [0.1, 0.15) is 11.5 Å². The van der Waals surface area contributed by atoms with Crippen molar-refractivity contribution in [3.8, 4) is 5.75 Å². The van der Waals surface area contributed by atoms with Crippen molar-refractivity contribution in [2.75, 3.05) is 7.11 Å². The van der Waals surface area contributed by atoms with Gasteiger partial charge in [-0.25, -0.2) is 0 Å². The molecule has 1 fully saturated rings. The van der Waals surface area contributed by atoms with Crippen LogP contribution in [-0.2, 0) is 11.2 Å². The van der Waals surface area contributed by atoms with Crippen molar-refractivity contribution >= 4 is 11.6 Å². The summed E-state index contributed by atoms with van der Waals surface area (Å²) in [7, 11) is 1.63. The molecular formula is C17H20O3. The zero-order valence-corrected chi connectivity index (χ0v) is 11.9. The van der Waals surface area contributed by atoms with Gasteiger partial charge in [-0.2, -0.15) is 0 Å². The summed E-state index contributed by atoms with van der Waals surface area (Å²) in [6.45, 7) is 6.00. The molecule has 0 aliphatic heterocycles. The van der Waals surface area contributed by atoms with Crippen LogP contribution in [0.2, 0.25) is 0 Å². The first-order chi connectivity index (χ1) is 9.64. The summed E-state index contributed by atoms with van der Waals surface area (Å²) in [5, 5.41) is 0. The lowest BCUT2D eigenvalue weighted by Gasteiger charge is -2.30. The number of carbonyl (C=O) groups is 2. The van der Waals surface area contributed by atoms with Crippen LogP contribution in [0.4, 0.5) is 0 Å². The van der Waals surface area contributed by atoms with Crippen molar-refractivity contribution in [1.29, 1.82) is 0 Å². The summed E-state index contributed by atoms with van der Waals surface area (Å²) in [6, 6.07) is 5.66. The normalized spacial score (nSPS) is 19.2. The van der Waals surface area contributed by atoms with Crippen molar-refractivity contribution in [3.05, 3.63) is 42.5 Å². The number of benzene rings is 1. The molecule has 3 heteroatoms. The van der Waals surface area contributed by atoms with Gasteiger partial charge in [-0.1, -0.05) is 0 Å². The molecule has 0 radical (unpaired) electrons. The molecule has 3 nitrogen and oxygen atoms in total. The number of ketones is 2. The van der Waals surface area contributed by atoms with Gasteiger partial charge in [-0.05, 0) is 43.0 Å². The molecule has 20 heavy (non-hydrogen) atoms. The van der Waals surface area contributed by atoms with E-state index in [1.54, 1.807) is 7.11 Å². The molecule has 2 aliphatic carbocycles. The third-order valence-electron chi connectivity index (χ3n) is 4.33. The number of hydrogen-bond donors (Lipinski definition) is 0. The minimum atomic E-state index is -0.303. The fourth-order valence-corrected chi connectivity index (χ4v) is 3.21. The van der Waals surface area contributed by atoms with Crippen LogP contribution < -0.4 is 4.74 Å². The second kappa shape index (κ2) is 5.61. The average Bonchev–Trinajstić information content (AvgIpc) is 2.77. The topological polar surface area (TPSA) is 43.4 Å². The molecule has 2 aliphatic rings. The van der Waals surface area contributed by atoms with Gasteiger partial charge in [0, 0.05) is 23.8 Å². The maximum absolute atomic E-state index is 12.5. The minimum Gasteiger partial charge on any atom is -0.497 e. The molecule has 0 atom stereocenters. The maximum Gasteiger partial charge on any atom is 0.169 e. The lowest BCUT2D eigenvalue weighted by molar-refractivity contribution is -0.121. The number of carbonyl (C=O) groups excluding carboxylic acids is 2. The number of hydrogen-bond acceptors (Lipinski definition) is 3. The number of rotatable bonds is 1. The Morgan fingerprint density at radius 3 is 2.40 bits per heavy atom. The summed E-state index contributed by atoms with van der Waals surface area (Å²) in [5.41, 5.74) is 1.60. The lowest BCUT2D eigenvalue weighted by Crippen LogP contribution is -2.33. The van der Waals surface area contributed by atoms with E-state index in [-0.39, 0.29) is 11.2 Å². The molecule has 0 heterocycles. The van der Waals surface area contributed by atoms with Gasteiger partial charge in [-0.15, -0.1) is 13.2 Å². The Bertz CT molecular complexity index is 535. The van der Waals surface area contributed by atoms with Crippen LogP contribution in [0.1, 0.15) is 41.6 Å². The molecule has 1 aromatic rings. The zero-order chi connectivity index (χ0) is 14.8. The summed E-state index contributed by atoms with van der Waals surface area (Å²) < 4.78 is 5.20. The fourth-order valence-electron chi connectivity index (χ4n) is 3.21. The van der Waals surface area contributed by atoms with E-state index in [2.05, 4.69) is 13.2 Å². The quantitative estimate of drug-likeness (QED) is 0.736. The number of fused-ring (bicyclic) bond motifs is 1. The highest BCUT2D eigenvalue weighted by Gasteiger charge is 2.47. The van der Waals surface area contributed by atoms with Crippen LogP contribution in [0.3, 0.4) is 0 Å². The third kappa shape index (κ3) is 2.28. The predicted octanol–water partition coefficient (Wildman–Crippen LogP) is 3.37. The van der Waals surface area contributed by atoms with E-state index in [1.165, 1.54) is 0 Å². The first-order valence-corrected chi connectivity index (χ1v) is 6.88. The standard InChI is InChI=1S/C15H16O3.C2H4/c1-18-12-2-3-13-10(8-12)9-15(14(13)17)6-4-11(16)5-7-15;1-2/h2-3,8H,4-7,9H2,1H3;1-2H2. The molecular weight excluding hydrogens is 252 g/mol. The molecule has 1 aromatic carbocycles. The van der Waals surface area contributed by atoms with Gasteiger partial charge < -0.3 is 4.74 Å². The maximum atomic E-state index is 12.5. The Balaban J connectivity index is 0.000000704. The average molecular weight is 272 g/mol. The largest absolute Gasteiger partial charge is 0.497 e. The molecule has 0 N–H and O–H groups in total. The second-order valence-corrected chi connectivity index (χ2v) is 5.35. The van der Waals surface area contributed by atoms with Crippen LogP contribution in [0.5, 0.6) is 5.75 Å². The summed E-state index contributed by atoms with van der Waals surface area (Å²) in [6.07, 6.45) is 3.29. The minimum absolute atomic E-state index is 0.229. The summed E-state index contributed by atoms with van der Waals surface area (Å²) in [5.74, 6) is 1.32. The summed E-state index contributed by atoms with van der Waals surface area (Å²) >= 11 is 0. The Morgan fingerprint density at radius 1 is 1.15 bits per heavy atom. The molecule has 0 unspecified atom stereocenters. The molecule has 0 aromatic heterocycles. The highest BCUT2D eigenvalue weighted by molar-refractivity contribution is 6.06. The molecule has 1 saturated carbocycles. The number of methoxy groups -OCH3 is 1. The van der Waals surface area contributed by atoms with Crippen molar-refractivity contribution < 1.29 is 14.3 Å². The van der Waals surface area contributed by atoms with E-state index in [0.717, 1.165) is 23.3 Å². The smallest absolute Gasteiger partial charge is 0.169 e. The van der Waals surface area contributed by atoms with Crippen LogP contribution in [0.25, 0.3) is 0 Å². The van der Waals surface area contributed by atoms with E-state index < -0.39 is 0 Å². The van der Waals surface area contributed by atoms with Crippen LogP contribution >= 0.6 is 0 Å². The van der Waals surface area contributed by atoms with Gasteiger partial charge in [-0.3, -0.25) is 9.59 Å². The van der Waals surface area contributed by atoms with Crippen LogP contribution in [0, 0.1) is 5.41 Å². The van der Waals surface area contributed by atoms with Gasteiger partial charge >= 0.3 is 0 Å². The van der Waals surface area contributed by atoms with Crippen molar-refractivity contribution in [2.45, 2.75) is 32.1 Å². The number of ether oxygens (including phenoxy) is 1. The van der Waals surface area contributed by atoms with E-state index in [0.29, 0.717) is 31.5 Å². The van der Waals surface area contributed by atoms with E-state index in [1.807, 2.05) is 18.2 Å². The third-order valence-corrected chi connectivity index (χ3v) is 4.33. The Morgan fingerprint density at radius 2 is 1.80 bits per heavy atom. The highest BCUT2D eigenvalue weighted by atomic mass is 16.5. The summed E-state index contributed by atoms with van der Waals surface area (Å²) in [4.78, 5) is 23.9. The monoisotopic (exact) mass is 272 g/mol. The lowest BCUT2D eigenvalue weighted by atomic mass is 9.71.